The summed E-state index contributed by atoms with van der Waals surface area (Å²) in [7, 11) is 1.96. The minimum Gasteiger partial charge on any atom is -0.306 e. The van der Waals surface area contributed by atoms with Crippen LogP contribution in [0.1, 0.15) is 29.8 Å². The van der Waals surface area contributed by atoms with Crippen LogP contribution in [-0.2, 0) is 11.8 Å². The van der Waals surface area contributed by atoms with Gasteiger partial charge in [-0.15, -0.1) is 11.8 Å². The van der Waals surface area contributed by atoms with Gasteiger partial charge in [0, 0.05) is 36.5 Å². The summed E-state index contributed by atoms with van der Waals surface area (Å²) < 4.78 is 1.90. The third-order valence-corrected chi connectivity index (χ3v) is 4.88. The molecule has 5 heteroatoms. The topological polar surface area (TPSA) is 38.1 Å². The summed E-state index contributed by atoms with van der Waals surface area (Å²) in [5, 5.41) is 5.52. The summed E-state index contributed by atoms with van der Waals surface area (Å²) in [6.45, 7) is 4.94. The molecule has 0 unspecified atom stereocenters. The largest absolute Gasteiger partial charge is 0.306 e. The van der Waals surface area contributed by atoms with Gasteiger partial charge in [-0.2, -0.15) is 5.10 Å². The monoisotopic (exact) mass is 277 g/mol. The molecular weight excluding hydrogens is 258 g/mol. The number of carbonyl (C=O) groups excluding carboxylic acids is 1. The molecule has 1 aromatic heterocycles. The van der Waals surface area contributed by atoms with Gasteiger partial charge in [-0.05, 0) is 32.8 Å². The first-order chi connectivity index (χ1) is 9.08. The summed E-state index contributed by atoms with van der Waals surface area (Å²) >= 11 is 1.77. The average Bonchev–Trinajstić information content (AvgIpc) is 3.08. The van der Waals surface area contributed by atoms with Crippen molar-refractivity contribution in [2.24, 2.45) is 13.0 Å². The first kappa shape index (κ1) is 12.8. The molecule has 0 atom stereocenters. The van der Waals surface area contributed by atoms with E-state index in [-0.39, 0.29) is 5.92 Å². The molecule has 0 bridgehead atoms. The molecular formula is C14H19N3OS. The second-order valence-corrected chi connectivity index (χ2v) is 6.42. The number of aryl methyl sites for hydroxylation is 2. The Kier molecular flexibility index (Phi) is 3.17. The van der Waals surface area contributed by atoms with Gasteiger partial charge in [0.15, 0.2) is 0 Å². The zero-order chi connectivity index (χ0) is 13.6. The molecule has 1 aromatic rings. The van der Waals surface area contributed by atoms with E-state index in [0.717, 1.165) is 47.1 Å². The van der Waals surface area contributed by atoms with Crippen LogP contribution in [0, 0.1) is 19.8 Å². The van der Waals surface area contributed by atoms with E-state index < -0.39 is 0 Å². The molecule has 1 aliphatic carbocycles. The van der Waals surface area contributed by atoms with Crippen molar-refractivity contribution in [3.63, 3.8) is 0 Å². The second kappa shape index (κ2) is 4.71. The number of aromatic nitrogens is 2. The predicted octanol–water partition coefficient (Wildman–Crippen LogP) is 2.32. The maximum absolute atomic E-state index is 12.2. The fourth-order valence-corrected chi connectivity index (χ4v) is 3.46. The first-order valence-electron chi connectivity index (χ1n) is 6.74. The Morgan fingerprint density at radius 3 is 2.74 bits per heavy atom. The lowest BCUT2D eigenvalue weighted by molar-refractivity contribution is -0.129. The normalized spacial score (nSPS) is 21.4. The van der Waals surface area contributed by atoms with Gasteiger partial charge in [-0.3, -0.25) is 9.48 Å². The van der Waals surface area contributed by atoms with Crippen LogP contribution in [0.15, 0.2) is 5.03 Å². The SMILES string of the molecule is Cc1nn(C)c(C)c1/C=C1/SCCN1C(=O)C1CC1. The van der Waals surface area contributed by atoms with E-state index in [2.05, 4.69) is 18.1 Å². The van der Waals surface area contributed by atoms with E-state index in [0.29, 0.717) is 5.91 Å². The van der Waals surface area contributed by atoms with Crippen molar-refractivity contribution in [3.8, 4) is 0 Å². The van der Waals surface area contributed by atoms with Crippen LogP contribution in [0.5, 0.6) is 0 Å². The lowest BCUT2D eigenvalue weighted by Crippen LogP contribution is -2.27. The van der Waals surface area contributed by atoms with Crippen molar-refractivity contribution in [3.05, 3.63) is 22.0 Å². The number of amides is 1. The molecule has 1 amide bonds. The molecule has 2 aliphatic rings. The summed E-state index contributed by atoms with van der Waals surface area (Å²) in [6, 6.07) is 0. The van der Waals surface area contributed by atoms with Crippen LogP contribution < -0.4 is 0 Å². The fraction of sp³-hybridized carbons (Fsp3) is 0.571. The number of carbonyl (C=O) groups is 1. The van der Waals surface area contributed by atoms with E-state index in [9.17, 15) is 4.79 Å². The van der Waals surface area contributed by atoms with Gasteiger partial charge in [0.05, 0.1) is 10.7 Å². The Balaban J connectivity index is 1.91. The maximum Gasteiger partial charge on any atom is 0.230 e. The standard InChI is InChI=1S/C14H19N3OS/c1-9-12(10(2)16(3)15-9)8-13-17(6-7-19-13)14(18)11-4-5-11/h8,11H,4-7H2,1-3H3/b13-8+. The van der Waals surface area contributed by atoms with Gasteiger partial charge in [0.1, 0.15) is 0 Å². The smallest absolute Gasteiger partial charge is 0.230 e. The van der Waals surface area contributed by atoms with Crippen LogP contribution in [-0.4, -0.2) is 32.9 Å². The molecule has 1 saturated heterocycles. The molecule has 2 heterocycles. The average molecular weight is 277 g/mol. The molecule has 2 fully saturated rings. The minimum absolute atomic E-state index is 0.290. The molecule has 0 aromatic carbocycles. The lowest BCUT2D eigenvalue weighted by Gasteiger charge is -2.16. The Labute approximate surface area is 117 Å². The fourth-order valence-electron chi connectivity index (χ4n) is 2.44. The van der Waals surface area contributed by atoms with Gasteiger partial charge >= 0.3 is 0 Å². The highest BCUT2D eigenvalue weighted by molar-refractivity contribution is 8.03. The number of hydrogen-bond donors (Lipinski definition) is 0. The lowest BCUT2D eigenvalue weighted by atomic mass is 10.2. The summed E-state index contributed by atoms with van der Waals surface area (Å²) in [6.07, 6.45) is 4.27. The van der Waals surface area contributed by atoms with Gasteiger partial charge < -0.3 is 4.90 Å². The molecule has 102 valence electrons. The van der Waals surface area contributed by atoms with Crippen LogP contribution >= 0.6 is 11.8 Å². The number of hydrogen-bond acceptors (Lipinski definition) is 3. The van der Waals surface area contributed by atoms with E-state index >= 15 is 0 Å². The zero-order valence-electron chi connectivity index (χ0n) is 11.6. The highest BCUT2D eigenvalue weighted by Crippen LogP contribution is 2.37. The molecule has 0 spiro atoms. The van der Waals surface area contributed by atoms with Crippen LogP contribution in [0.3, 0.4) is 0 Å². The Hall–Kier alpha value is -1.23. The number of thioether (sulfide) groups is 1. The third-order valence-electron chi connectivity index (χ3n) is 3.86. The Bertz CT molecular complexity index is 557. The number of rotatable bonds is 2. The zero-order valence-corrected chi connectivity index (χ0v) is 12.5. The van der Waals surface area contributed by atoms with Gasteiger partial charge in [-0.25, -0.2) is 0 Å². The highest BCUT2D eigenvalue weighted by Gasteiger charge is 2.36. The highest BCUT2D eigenvalue weighted by atomic mass is 32.2. The van der Waals surface area contributed by atoms with E-state index in [4.69, 9.17) is 0 Å². The number of nitrogens with zero attached hydrogens (tertiary/aromatic N) is 3. The van der Waals surface area contributed by atoms with E-state index in [1.807, 2.05) is 23.6 Å². The van der Waals surface area contributed by atoms with Gasteiger partial charge in [0.25, 0.3) is 0 Å². The van der Waals surface area contributed by atoms with Crippen molar-refractivity contribution in [1.29, 1.82) is 0 Å². The minimum atomic E-state index is 0.290. The Morgan fingerprint density at radius 1 is 1.42 bits per heavy atom. The quantitative estimate of drug-likeness (QED) is 0.832. The summed E-state index contributed by atoms with van der Waals surface area (Å²) in [5.41, 5.74) is 3.33. The molecule has 0 N–H and O–H groups in total. The Morgan fingerprint density at radius 2 is 2.16 bits per heavy atom. The van der Waals surface area contributed by atoms with Crippen molar-refractivity contribution in [1.82, 2.24) is 14.7 Å². The van der Waals surface area contributed by atoms with Crippen LogP contribution in [0.4, 0.5) is 0 Å². The maximum atomic E-state index is 12.2. The molecule has 1 aliphatic heterocycles. The summed E-state index contributed by atoms with van der Waals surface area (Å²) in [4.78, 5) is 14.2. The second-order valence-electron chi connectivity index (χ2n) is 5.30. The molecule has 4 nitrogen and oxygen atoms in total. The summed E-state index contributed by atoms with van der Waals surface area (Å²) in [5.74, 6) is 1.61. The van der Waals surface area contributed by atoms with Gasteiger partial charge in [0.2, 0.25) is 5.91 Å². The van der Waals surface area contributed by atoms with E-state index in [1.165, 1.54) is 0 Å². The predicted molar refractivity (Wildman–Crippen MR) is 77.6 cm³/mol. The third kappa shape index (κ3) is 2.31. The van der Waals surface area contributed by atoms with Gasteiger partial charge in [-0.1, -0.05) is 0 Å². The van der Waals surface area contributed by atoms with Crippen LogP contribution in [0.25, 0.3) is 6.08 Å². The molecule has 19 heavy (non-hydrogen) atoms. The van der Waals surface area contributed by atoms with Crippen LogP contribution in [0.2, 0.25) is 0 Å². The van der Waals surface area contributed by atoms with Crippen molar-refractivity contribution < 1.29 is 4.79 Å². The van der Waals surface area contributed by atoms with Crippen molar-refractivity contribution in [2.45, 2.75) is 26.7 Å². The molecule has 0 radical (unpaired) electrons. The molecule has 3 rings (SSSR count). The van der Waals surface area contributed by atoms with Crippen molar-refractivity contribution >= 4 is 23.7 Å². The molecule has 1 saturated carbocycles. The van der Waals surface area contributed by atoms with Crippen molar-refractivity contribution in [2.75, 3.05) is 12.3 Å². The first-order valence-corrected chi connectivity index (χ1v) is 7.72. The van der Waals surface area contributed by atoms with E-state index in [1.54, 1.807) is 11.8 Å².